The summed E-state index contributed by atoms with van der Waals surface area (Å²) in [5.74, 6) is -1.58. The number of carbonyl (C=O) groups excluding carboxylic acids is 4. The summed E-state index contributed by atoms with van der Waals surface area (Å²) < 4.78 is 64.9. The van der Waals surface area contributed by atoms with Gasteiger partial charge in [0.2, 0.25) is 12.3 Å². The highest BCUT2D eigenvalue weighted by Crippen LogP contribution is 2.39. The summed E-state index contributed by atoms with van der Waals surface area (Å²) in [6, 6.07) is 10.5. The number of H-pyrrole nitrogens is 1. The lowest BCUT2D eigenvalue weighted by Crippen LogP contribution is -2.46. The number of nitrogens with one attached hydrogen (secondary N) is 3. The van der Waals surface area contributed by atoms with Crippen molar-refractivity contribution in [2.24, 2.45) is 5.92 Å². The average Bonchev–Trinajstić information content (AvgIpc) is 3.81. The highest BCUT2D eigenvalue weighted by molar-refractivity contribution is 6.04. The smallest absolute Gasteiger partial charge is 0.453 e. The minimum Gasteiger partial charge on any atom is -0.453 e. The van der Waals surface area contributed by atoms with E-state index in [4.69, 9.17) is 0 Å². The van der Waals surface area contributed by atoms with Crippen molar-refractivity contribution in [1.82, 2.24) is 30.1 Å². The van der Waals surface area contributed by atoms with Crippen LogP contribution in [0.25, 0.3) is 22.4 Å². The first-order valence-electron chi connectivity index (χ1n) is 16.9. The van der Waals surface area contributed by atoms with Crippen LogP contribution in [-0.2, 0) is 14.3 Å². The second-order valence-corrected chi connectivity index (χ2v) is 12.9. The summed E-state index contributed by atoms with van der Waals surface area (Å²) in [6.07, 6.45) is -1.60. The van der Waals surface area contributed by atoms with Crippen molar-refractivity contribution < 1.29 is 46.2 Å². The molecule has 4 amide bonds. The molecule has 2 aliphatic rings. The summed E-state index contributed by atoms with van der Waals surface area (Å²) in [5.41, 5.74) is 0.669. The third kappa shape index (κ3) is 8.70. The number of likely N-dealkylation sites (tertiary alicyclic amines) is 1. The van der Waals surface area contributed by atoms with Gasteiger partial charge in [0.15, 0.2) is 0 Å². The van der Waals surface area contributed by atoms with Gasteiger partial charge in [0, 0.05) is 50.6 Å². The van der Waals surface area contributed by atoms with Crippen molar-refractivity contribution >= 4 is 35.8 Å². The fraction of sp³-hybridized carbons (Fsp3) is 0.333. The monoisotopic (exact) mass is 752 g/mol. The topological polar surface area (TPSA) is 162 Å². The van der Waals surface area contributed by atoms with Crippen LogP contribution in [0, 0.1) is 11.7 Å². The second kappa shape index (κ2) is 15.8. The van der Waals surface area contributed by atoms with Gasteiger partial charge in [-0.1, -0.05) is 31.2 Å². The number of anilines is 2. The molecule has 0 saturated carbocycles. The number of imidazole rings is 1. The normalized spacial score (nSPS) is 17.3. The molecule has 2 saturated heterocycles. The molecule has 14 nitrogen and oxygen atoms in total. The van der Waals surface area contributed by atoms with Crippen LogP contribution in [0.1, 0.15) is 35.6 Å². The first-order valence-corrected chi connectivity index (χ1v) is 16.9. The van der Waals surface area contributed by atoms with Crippen LogP contribution in [0.4, 0.5) is 33.9 Å². The van der Waals surface area contributed by atoms with E-state index >= 15 is 4.39 Å². The molecule has 6 rings (SSSR count). The number of hydrogen-bond acceptors (Lipinski definition) is 9. The Kier molecular flexibility index (Phi) is 11.0. The van der Waals surface area contributed by atoms with Crippen LogP contribution >= 0.6 is 0 Å². The number of nitrogens with zero attached hydrogens (tertiary/aromatic N) is 5. The van der Waals surface area contributed by atoms with E-state index in [1.165, 1.54) is 31.5 Å². The Morgan fingerprint density at radius 2 is 1.72 bits per heavy atom. The fourth-order valence-corrected chi connectivity index (χ4v) is 6.43. The molecule has 4 heterocycles. The highest BCUT2D eigenvalue weighted by Gasteiger charge is 2.36. The van der Waals surface area contributed by atoms with Crippen LogP contribution in [0.5, 0.6) is 5.75 Å². The van der Waals surface area contributed by atoms with E-state index in [9.17, 15) is 32.3 Å². The standard InChI is InChI=1S/C36H36F4N8O6/c1-21-13-29(48(19-21)32(50)18-43-35(52)53-2)33-42-17-28(44-33)23-5-3-22(4-6-23)25-14-26(37)27(15-30(25)54-36(38,39)40)45-34(51)24-7-8-31(41-16-24)47-11-9-46(20-49)10-12-47/h3-8,14-17,20-21,29H,9-13,18-19H2,1-2H3,(H,42,44)(H,43,52)(H,45,51). The Morgan fingerprint density at radius 3 is 2.37 bits per heavy atom. The quantitative estimate of drug-likeness (QED) is 0.150. The number of alkyl carbamates (subject to hydrolysis) is 1. The number of alkyl halides is 3. The van der Waals surface area contributed by atoms with Crippen molar-refractivity contribution in [2.45, 2.75) is 25.7 Å². The predicted molar refractivity (Wildman–Crippen MR) is 187 cm³/mol. The summed E-state index contributed by atoms with van der Waals surface area (Å²) in [5, 5.41) is 4.70. The maximum Gasteiger partial charge on any atom is 0.573 e. The predicted octanol–water partition coefficient (Wildman–Crippen LogP) is 4.97. The van der Waals surface area contributed by atoms with Gasteiger partial charge in [0.25, 0.3) is 5.91 Å². The molecule has 2 aliphatic heterocycles. The van der Waals surface area contributed by atoms with Crippen molar-refractivity contribution in [1.29, 1.82) is 0 Å². The van der Waals surface area contributed by atoms with Gasteiger partial charge in [-0.05, 0) is 41.7 Å². The number of halogens is 4. The molecular formula is C36H36F4N8O6. The molecule has 284 valence electrons. The summed E-state index contributed by atoms with van der Waals surface area (Å²) >= 11 is 0. The Hall–Kier alpha value is -6.20. The number of amides is 4. The van der Waals surface area contributed by atoms with E-state index in [0.29, 0.717) is 62.0 Å². The Balaban J connectivity index is 1.17. The zero-order valence-corrected chi connectivity index (χ0v) is 29.2. The third-order valence-electron chi connectivity index (χ3n) is 9.16. The molecule has 0 aliphatic carbocycles. The highest BCUT2D eigenvalue weighted by atomic mass is 19.4. The van der Waals surface area contributed by atoms with E-state index < -0.39 is 35.6 Å². The molecular weight excluding hydrogens is 716 g/mol. The number of pyridine rings is 1. The molecule has 54 heavy (non-hydrogen) atoms. The number of hydrogen-bond donors (Lipinski definition) is 3. The molecule has 0 bridgehead atoms. The number of piperazine rings is 1. The van der Waals surface area contributed by atoms with Crippen molar-refractivity contribution in [2.75, 3.05) is 56.6 Å². The van der Waals surface area contributed by atoms with Crippen LogP contribution < -0.4 is 20.3 Å². The molecule has 2 fully saturated rings. The van der Waals surface area contributed by atoms with Gasteiger partial charge in [-0.15, -0.1) is 13.2 Å². The van der Waals surface area contributed by atoms with Gasteiger partial charge >= 0.3 is 12.5 Å². The number of benzene rings is 2. The minimum absolute atomic E-state index is 0.0434. The lowest BCUT2D eigenvalue weighted by Gasteiger charge is -2.33. The molecule has 2 aromatic heterocycles. The Bertz CT molecular complexity index is 2000. The number of methoxy groups -OCH3 is 1. The Labute approximate surface area is 306 Å². The van der Waals surface area contributed by atoms with Gasteiger partial charge in [-0.2, -0.15) is 0 Å². The minimum atomic E-state index is -5.13. The van der Waals surface area contributed by atoms with Crippen molar-refractivity contribution in [3.05, 3.63) is 78.1 Å². The largest absolute Gasteiger partial charge is 0.573 e. The van der Waals surface area contributed by atoms with Crippen LogP contribution in [-0.4, -0.2) is 102 Å². The molecule has 2 atom stereocenters. The van der Waals surface area contributed by atoms with Crippen LogP contribution in [0.3, 0.4) is 0 Å². The van der Waals surface area contributed by atoms with Gasteiger partial charge in [0.1, 0.15) is 29.8 Å². The van der Waals surface area contributed by atoms with Crippen LogP contribution in [0.15, 0.2) is 60.9 Å². The summed E-state index contributed by atoms with van der Waals surface area (Å²) in [4.78, 5) is 65.5. The maximum absolute atomic E-state index is 15.4. The van der Waals surface area contributed by atoms with E-state index in [1.54, 1.807) is 34.2 Å². The first kappa shape index (κ1) is 37.6. The zero-order chi connectivity index (χ0) is 38.6. The molecule has 0 radical (unpaired) electrons. The average molecular weight is 753 g/mol. The summed E-state index contributed by atoms with van der Waals surface area (Å²) in [6.45, 7) is 4.35. The fourth-order valence-electron chi connectivity index (χ4n) is 6.43. The molecule has 0 spiro atoms. The molecule has 3 N–H and O–H groups in total. The van der Waals surface area contributed by atoms with Crippen molar-refractivity contribution in [3.63, 3.8) is 0 Å². The summed E-state index contributed by atoms with van der Waals surface area (Å²) in [7, 11) is 1.20. The zero-order valence-electron chi connectivity index (χ0n) is 29.2. The third-order valence-corrected chi connectivity index (χ3v) is 9.16. The number of ether oxygens (including phenoxy) is 2. The first-order chi connectivity index (χ1) is 25.8. The number of aromatic nitrogens is 3. The second-order valence-electron chi connectivity index (χ2n) is 12.9. The van der Waals surface area contributed by atoms with E-state index in [1.807, 2.05) is 11.8 Å². The molecule has 18 heteroatoms. The maximum atomic E-state index is 15.4. The number of carbonyl (C=O) groups is 4. The molecule has 2 aromatic carbocycles. The Morgan fingerprint density at radius 1 is 1.00 bits per heavy atom. The van der Waals surface area contributed by atoms with E-state index in [2.05, 4.69) is 35.1 Å². The molecule has 4 aromatic rings. The van der Waals surface area contributed by atoms with Crippen molar-refractivity contribution in [3.8, 4) is 28.1 Å². The number of rotatable bonds is 10. The van der Waals surface area contributed by atoms with Gasteiger partial charge < -0.3 is 39.8 Å². The van der Waals surface area contributed by atoms with Gasteiger partial charge in [-0.3, -0.25) is 14.4 Å². The van der Waals surface area contributed by atoms with Gasteiger partial charge in [-0.25, -0.2) is 19.2 Å². The van der Waals surface area contributed by atoms with Crippen LogP contribution in [0.2, 0.25) is 0 Å². The lowest BCUT2D eigenvalue weighted by atomic mass is 10.0. The SMILES string of the molecule is COC(=O)NCC(=O)N1CC(C)CC1c1ncc(-c2ccc(-c3cc(F)c(NC(=O)c4ccc(N5CCN(C=O)CC5)nc4)cc3OC(F)(F)F)cc2)[nH]1. The van der Waals surface area contributed by atoms with Gasteiger partial charge in [0.05, 0.1) is 36.3 Å². The van der Waals surface area contributed by atoms with E-state index in [-0.39, 0.29) is 41.1 Å². The number of aromatic amines is 1. The molecule has 2 unspecified atom stereocenters. The van der Waals surface area contributed by atoms with E-state index in [0.717, 1.165) is 18.5 Å². The lowest BCUT2D eigenvalue weighted by molar-refractivity contribution is -0.274.